The van der Waals surface area contributed by atoms with Crippen LogP contribution in [0.4, 0.5) is 0 Å². The Labute approximate surface area is 142 Å². The van der Waals surface area contributed by atoms with Crippen molar-refractivity contribution in [1.29, 1.82) is 0 Å². The first-order chi connectivity index (χ1) is 11.6. The smallest absolute Gasteiger partial charge is 0.225 e. The van der Waals surface area contributed by atoms with Gasteiger partial charge in [-0.2, -0.15) is 0 Å². The minimum Gasteiger partial charge on any atom is -0.391 e. The Kier molecular flexibility index (Phi) is 5.16. The summed E-state index contributed by atoms with van der Waals surface area (Å²) >= 11 is 0. The van der Waals surface area contributed by atoms with E-state index in [0.29, 0.717) is 26.2 Å². The van der Waals surface area contributed by atoms with Crippen LogP contribution in [0.3, 0.4) is 0 Å². The molecule has 0 aliphatic carbocycles. The van der Waals surface area contributed by atoms with E-state index in [0.717, 1.165) is 5.56 Å². The molecule has 2 fully saturated rings. The molecule has 2 heterocycles. The number of amides is 2. The third-order valence-corrected chi connectivity index (χ3v) is 5.12. The Hall–Kier alpha value is -1.92. The zero-order chi connectivity index (χ0) is 17.1. The maximum absolute atomic E-state index is 12.4. The van der Waals surface area contributed by atoms with Gasteiger partial charge >= 0.3 is 0 Å². The highest BCUT2D eigenvalue weighted by atomic mass is 16.3. The molecular formula is C18H25N3O3. The maximum Gasteiger partial charge on any atom is 0.225 e. The van der Waals surface area contributed by atoms with Crippen LogP contribution >= 0.6 is 0 Å². The Morgan fingerprint density at radius 2 is 2.12 bits per heavy atom. The van der Waals surface area contributed by atoms with Crippen LogP contribution in [-0.4, -0.2) is 54.1 Å². The standard InChI is InChI=1S/C18H25N3O3/c1-12(13-5-3-2-4-6-13)21-11-14(7-17(21)23)18(24)20-9-15-8-19-10-16(15)22/h2-6,12,14-16,19,22H,7-11H2,1H3,(H,20,24). The molecule has 0 bridgehead atoms. The van der Waals surface area contributed by atoms with Crippen LogP contribution in [0.2, 0.25) is 0 Å². The van der Waals surface area contributed by atoms with Crippen LogP contribution in [-0.2, 0) is 9.59 Å². The second kappa shape index (κ2) is 7.32. The fourth-order valence-corrected chi connectivity index (χ4v) is 3.50. The molecule has 2 saturated heterocycles. The summed E-state index contributed by atoms with van der Waals surface area (Å²) in [7, 11) is 0. The number of carbonyl (C=O) groups excluding carboxylic acids is 2. The van der Waals surface area contributed by atoms with Crippen molar-refractivity contribution in [3.05, 3.63) is 35.9 Å². The number of nitrogens with one attached hydrogen (secondary N) is 2. The average Bonchev–Trinajstić information content (AvgIpc) is 3.18. The van der Waals surface area contributed by atoms with Gasteiger partial charge in [-0.15, -0.1) is 0 Å². The van der Waals surface area contributed by atoms with Gasteiger partial charge in [0.05, 0.1) is 18.1 Å². The van der Waals surface area contributed by atoms with Gasteiger partial charge < -0.3 is 20.6 Å². The van der Waals surface area contributed by atoms with Crippen molar-refractivity contribution in [2.45, 2.75) is 25.5 Å². The third-order valence-electron chi connectivity index (χ3n) is 5.12. The first-order valence-electron chi connectivity index (χ1n) is 8.57. The molecule has 3 N–H and O–H groups in total. The first kappa shape index (κ1) is 16.9. The summed E-state index contributed by atoms with van der Waals surface area (Å²) in [4.78, 5) is 26.5. The molecule has 0 radical (unpaired) electrons. The minimum absolute atomic E-state index is 0.0223. The van der Waals surface area contributed by atoms with Gasteiger partial charge in [0.1, 0.15) is 0 Å². The van der Waals surface area contributed by atoms with E-state index in [1.807, 2.05) is 37.3 Å². The van der Waals surface area contributed by atoms with Crippen molar-refractivity contribution in [1.82, 2.24) is 15.5 Å². The monoisotopic (exact) mass is 331 g/mol. The summed E-state index contributed by atoms with van der Waals surface area (Å²) < 4.78 is 0. The van der Waals surface area contributed by atoms with Gasteiger partial charge in [-0.3, -0.25) is 9.59 Å². The first-order valence-corrected chi connectivity index (χ1v) is 8.57. The van der Waals surface area contributed by atoms with E-state index in [9.17, 15) is 14.7 Å². The quantitative estimate of drug-likeness (QED) is 0.724. The second-order valence-corrected chi connectivity index (χ2v) is 6.76. The molecule has 0 saturated carbocycles. The maximum atomic E-state index is 12.4. The number of benzene rings is 1. The molecule has 3 rings (SSSR count). The number of hydrogen-bond donors (Lipinski definition) is 3. The normalized spacial score (nSPS) is 28.2. The van der Waals surface area contributed by atoms with Gasteiger partial charge in [0, 0.05) is 38.5 Å². The summed E-state index contributed by atoms with van der Waals surface area (Å²) in [6, 6.07) is 9.83. The molecule has 0 aromatic heterocycles. The highest BCUT2D eigenvalue weighted by Gasteiger charge is 2.37. The fraction of sp³-hybridized carbons (Fsp3) is 0.556. The van der Waals surface area contributed by atoms with Crippen molar-refractivity contribution in [2.24, 2.45) is 11.8 Å². The van der Waals surface area contributed by atoms with Crippen LogP contribution in [0.25, 0.3) is 0 Å². The molecule has 6 heteroatoms. The van der Waals surface area contributed by atoms with Crippen LogP contribution in [0.5, 0.6) is 0 Å². The summed E-state index contributed by atoms with van der Waals surface area (Å²) in [5.74, 6) is -0.333. The SMILES string of the molecule is CC(c1ccccc1)N1CC(C(=O)NCC2CNCC2O)CC1=O. The summed E-state index contributed by atoms with van der Waals surface area (Å²) in [5.41, 5.74) is 1.08. The average molecular weight is 331 g/mol. The Bertz CT molecular complexity index is 592. The van der Waals surface area contributed by atoms with E-state index >= 15 is 0 Å². The van der Waals surface area contributed by atoms with Gasteiger partial charge in [0.2, 0.25) is 11.8 Å². The van der Waals surface area contributed by atoms with Gasteiger partial charge in [-0.05, 0) is 12.5 Å². The van der Waals surface area contributed by atoms with Crippen molar-refractivity contribution >= 4 is 11.8 Å². The molecule has 4 atom stereocenters. The lowest BCUT2D eigenvalue weighted by Crippen LogP contribution is -2.38. The lowest BCUT2D eigenvalue weighted by atomic mass is 10.0. The summed E-state index contributed by atoms with van der Waals surface area (Å²) in [6.45, 7) is 4.18. The molecule has 6 nitrogen and oxygen atoms in total. The zero-order valence-corrected chi connectivity index (χ0v) is 13.9. The van der Waals surface area contributed by atoms with Crippen molar-refractivity contribution in [3.8, 4) is 0 Å². The van der Waals surface area contributed by atoms with E-state index < -0.39 is 6.10 Å². The minimum atomic E-state index is -0.412. The number of carbonyl (C=O) groups is 2. The van der Waals surface area contributed by atoms with Crippen molar-refractivity contribution < 1.29 is 14.7 Å². The van der Waals surface area contributed by atoms with Crippen molar-refractivity contribution in [3.63, 3.8) is 0 Å². The molecule has 1 aromatic rings. The van der Waals surface area contributed by atoms with E-state index in [4.69, 9.17) is 0 Å². The van der Waals surface area contributed by atoms with Gasteiger partial charge in [-0.25, -0.2) is 0 Å². The van der Waals surface area contributed by atoms with Gasteiger partial charge in [-0.1, -0.05) is 30.3 Å². The van der Waals surface area contributed by atoms with E-state index in [1.54, 1.807) is 4.90 Å². The van der Waals surface area contributed by atoms with Crippen LogP contribution < -0.4 is 10.6 Å². The second-order valence-electron chi connectivity index (χ2n) is 6.76. The number of aliphatic hydroxyl groups excluding tert-OH is 1. The lowest BCUT2D eigenvalue weighted by molar-refractivity contribution is -0.130. The number of aliphatic hydroxyl groups is 1. The fourth-order valence-electron chi connectivity index (χ4n) is 3.50. The summed E-state index contributed by atoms with van der Waals surface area (Å²) in [6.07, 6.45) is -0.154. The molecule has 4 unspecified atom stereocenters. The van der Waals surface area contributed by atoms with Crippen molar-refractivity contribution in [2.75, 3.05) is 26.2 Å². The van der Waals surface area contributed by atoms with Gasteiger partial charge in [0.25, 0.3) is 0 Å². The largest absolute Gasteiger partial charge is 0.391 e. The zero-order valence-electron chi connectivity index (χ0n) is 13.9. The molecule has 24 heavy (non-hydrogen) atoms. The highest BCUT2D eigenvalue weighted by Crippen LogP contribution is 2.28. The predicted molar refractivity (Wildman–Crippen MR) is 90.1 cm³/mol. The highest BCUT2D eigenvalue weighted by molar-refractivity contribution is 5.89. The number of nitrogens with zero attached hydrogens (tertiary/aromatic N) is 1. The number of hydrogen-bond acceptors (Lipinski definition) is 4. The van der Waals surface area contributed by atoms with Gasteiger partial charge in [0.15, 0.2) is 0 Å². The number of β-amino-alcohol motifs (C(OH)–C–C–N with tert-alkyl or cyclic N) is 1. The Morgan fingerprint density at radius 3 is 2.79 bits per heavy atom. The molecule has 2 aliphatic rings. The van der Waals surface area contributed by atoms with Crippen LogP contribution in [0, 0.1) is 11.8 Å². The molecule has 130 valence electrons. The Balaban J connectivity index is 1.55. The Morgan fingerprint density at radius 1 is 1.38 bits per heavy atom. The predicted octanol–water partition coefficient (Wildman–Crippen LogP) is 0.293. The summed E-state index contributed by atoms with van der Waals surface area (Å²) in [5, 5.41) is 15.8. The molecule has 2 amide bonds. The van der Waals surface area contributed by atoms with Crippen LogP contribution in [0.1, 0.15) is 24.9 Å². The molecule has 0 spiro atoms. The molecule has 2 aliphatic heterocycles. The topological polar surface area (TPSA) is 81.7 Å². The van der Waals surface area contributed by atoms with E-state index in [1.165, 1.54) is 0 Å². The number of rotatable bonds is 5. The molecule has 1 aromatic carbocycles. The van der Waals surface area contributed by atoms with E-state index in [2.05, 4.69) is 10.6 Å². The third kappa shape index (κ3) is 3.60. The van der Waals surface area contributed by atoms with Crippen LogP contribution in [0.15, 0.2) is 30.3 Å². The lowest BCUT2D eigenvalue weighted by Gasteiger charge is -2.25. The number of likely N-dealkylation sites (tertiary alicyclic amines) is 1. The van der Waals surface area contributed by atoms with E-state index in [-0.39, 0.29) is 36.1 Å². The molecular weight excluding hydrogens is 306 g/mol.